The molecule has 0 fully saturated rings. The second-order valence-corrected chi connectivity index (χ2v) is 4.10. The third kappa shape index (κ3) is 2.87. The van der Waals surface area contributed by atoms with Crippen LogP contribution in [0.4, 0.5) is 0 Å². The summed E-state index contributed by atoms with van der Waals surface area (Å²) in [4.78, 5) is 10.7. The summed E-state index contributed by atoms with van der Waals surface area (Å²) in [5.74, 6) is -1.19. The van der Waals surface area contributed by atoms with Crippen LogP contribution < -0.4 is 5.73 Å². The van der Waals surface area contributed by atoms with Crippen molar-refractivity contribution in [2.75, 3.05) is 6.54 Å². The highest BCUT2D eigenvalue weighted by atomic mass is 35.5. The first-order valence-electron chi connectivity index (χ1n) is 4.86. The molecule has 1 rings (SSSR count). The highest BCUT2D eigenvalue weighted by Gasteiger charge is 2.17. The molecule has 1 unspecified atom stereocenters. The van der Waals surface area contributed by atoms with Gasteiger partial charge in [0, 0.05) is 5.92 Å². The predicted octanol–water partition coefficient (Wildman–Crippen LogP) is 1.87. The first-order valence-corrected chi connectivity index (χ1v) is 5.24. The number of carbonyl (C=O) groups is 1. The van der Waals surface area contributed by atoms with Crippen LogP contribution in [-0.2, 0) is 4.79 Å². The number of aromatic hydroxyl groups is 1. The van der Waals surface area contributed by atoms with Crippen molar-refractivity contribution in [2.24, 2.45) is 5.73 Å². The van der Waals surface area contributed by atoms with Gasteiger partial charge < -0.3 is 15.9 Å². The smallest absolute Gasteiger partial charge is 0.304 e. The van der Waals surface area contributed by atoms with Crippen molar-refractivity contribution < 1.29 is 15.0 Å². The molecule has 0 aliphatic rings. The second kappa shape index (κ2) is 5.18. The second-order valence-electron chi connectivity index (χ2n) is 3.69. The minimum Gasteiger partial charge on any atom is -0.506 e. The maximum Gasteiger partial charge on any atom is 0.304 e. The Morgan fingerprint density at radius 3 is 2.69 bits per heavy atom. The zero-order valence-electron chi connectivity index (χ0n) is 8.90. The summed E-state index contributed by atoms with van der Waals surface area (Å²) in [6.45, 7) is 2.02. The standard InChI is InChI=1S/C11H14ClNO3/c1-6-2-10(14)9(12)4-8(6)7(5-13)3-11(15)16/h2,4,7,14H,3,5,13H2,1H3,(H,15,16). The SMILES string of the molecule is Cc1cc(O)c(Cl)cc1C(CN)CC(=O)O. The predicted molar refractivity (Wildman–Crippen MR) is 61.9 cm³/mol. The Balaban J connectivity index is 3.09. The monoisotopic (exact) mass is 243 g/mol. The molecule has 0 saturated carbocycles. The number of hydrogen-bond acceptors (Lipinski definition) is 3. The molecular weight excluding hydrogens is 230 g/mol. The van der Waals surface area contributed by atoms with Crippen LogP contribution in [-0.4, -0.2) is 22.7 Å². The molecule has 0 heterocycles. The summed E-state index contributed by atoms with van der Waals surface area (Å²) in [7, 11) is 0. The van der Waals surface area contributed by atoms with E-state index in [1.165, 1.54) is 6.07 Å². The number of carboxylic acid groups (broad SMARTS) is 1. The Labute approximate surface area is 98.6 Å². The van der Waals surface area contributed by atoms with Gasteiger partial charge in [-0.15, -0.1) is 0 Å². The molecule has 88 valence electrons. The highest BCUT2D eigenvalue weighted by molar-refractivity contribution is 6.32. The Kier molecular flexibility index (Phi) is 4.15. The molecular formula is C11H14ClNO3. The normalized spacial score (nSPS) is 12.4. The van der Waals surface area contributed by atoms with Gasteiger partial charge in [-0.1, -0.05) is 11.6 Å². The quantitative estimate of drug-likeness (QED) is 0.754. The largest absolute Gasteiger partial charge is 0.506 e. The van der Waals surface area contributed by atoms with Crippen molar-refractivity contribution in [1.82, 2.24) is 0 Å². The van der Waals surface area contributed by atoms with E-state index in [0.717, 1.165) is 11.1 Å². The number of rotatable bonds is 4. The van der Waals surface area contributed by atoms with Crippen LogP contribution in [0.5, 0.6) is 5.75 Å². The van der Waals surface area contributed by atoms with Crippen LogP contribution in [0, 0.1) is 6.92 Å². The number of carboxylic acids is 1. The molecule has 0 saturated heterocycles. The van der Waals surface area contributed by atoms with Crippen LogP contribution in [0.15, 0.2) is 12.1 Å². The molecule has 16 heavy (non-hydrogen) atoms. The fourth-order valence-corrected chi connectivity index (χ4v) is 1.82. The van der Waals surface area contributed by atoms with Crippen molar-refractivity contribution >= 4 is 17.6 Å². The lowest BCUT2D eigenvalue weighted by atomic mass is 9.92. The molecule has 1 aromatic carbocycles. The molecule has 5 heteroatoms. The number of hydrogen-bond donors (Lipinski definition) is 3. The molecule has 0 aliphatic heterocycles. The lowest BCUT2D eigenvalue weighted by molar-refractivity contribution is -0.137. The van der Waals surface area contributed by atoms with Gasteiger partial charge in [-0.2, -0.15) is 0 Å². The number of nitrogens with two attached hydrogens (primary N) is 1. The average molecular weight is 244 g/mol. The Hall–Kier alpha value is -1.26. The number of aliphatic carboxylic acids is 1. The first-order chi connectivity index (χ1) is 7.45. The maximum atomic E-state index is 10.7. The number of phenolic OH excluding ortho intramolecular Hbond substituents is 1. The summed E-state index contributed by atoms with van der Waals surface area (Å²) in [5.41, 5.74) is 7.10. The van der Waals surface area contributed by atoms with Crippen molar-refractivity contribution in [1.29, 1.82) is 0 Å². The molecule has 4 nitrogen and oxygen atoms in total. The van der Waals surface area contributed by atoms with Crippen molar-refractivity contribution in [3.05, 3.63) is 28.3 Å². The fraction of sp³-hybridized carbons (Fsp3) is 0.364. The first kappa shape index (κ1) is 12.8. The third-order valence-corrected chi connectivity index (χ3v) is 2.78. The topological polar surface area (TPSA) is 83.5 Å². The van der Waals surface area contributed by atoms with Crippen LogP contribution in [0.2, 0.25) is 5.02 Å². The minimum absolute atomic E-state index is 0.00554. The van der Waals surface area contributed by atoms with E-state index >= 15 is 0 Å². The molecule has 1 aromatic rings. The summed E-state index contributed by atoms with van der Waals surface area (Å²) in [6.07, 6.45) is -0.0432. The van der Waals surface area contributed by atoms with Gasteiger partial charge in [-0.25, -0.2) is 0 Å². The fourth-order valence-electron chi connectivity index (χ4n) is 1.65. The molecule has 0 spiro atoms. The highest BCUT2D eigenvalue weighted by Crippen LogP contribution is 2.31. The van der Waals surface area contributed by atoms with Gasteiger partial charge >= 0.3 is 5.97 Å². The van der Waals surface area contributed by atoms with E-state index in [1.807, 2.05) is 0 Å². The number of benzene rings is 1. The zero-order valence-corrected chi connectivity index (χ0v) is 9.66. The number of aryl methyl sites for hydroxylation is 1. The van der Waals surface area contributed by atoms with E-state index in [9.17, 15) is 9.90 Å². The molecule has 0 amide bonds. The Bertz CT molecular complexity index is 406. The van der Waals surface area contributed by atoms with E-state index in [0.29, 0.717) is 0 Å². The zero-order chi connectivity index (χ0) is 12.3. The van der Waals surface area contributed by atoms with E-state index in [-0.39, 0.29) is 29.7 Å². The van der Waals surface area contributed by atoms with Crippen molar-refractivity contribution in [2.45, 2.75) is 19.3 Å². The lowest BCUT2D eigenvalue weighted by Gasteiger charge is -2.16. The number of phenols is 1. The Morgan fingerprint density at radius 2 is 2.19 bits per heavy atom. The molecule has 0 radical (unpaired) electrons. The lowest BCUT2D eigenvalue weighted by Crippen LogP contribution is -2.17. The van der Waals surface area contributed by atoms with E-state index in [1.54, 1.807) is 13.0 Å². The molecule has 1 atom stereocenters. The van der Waals surface area contributed by atoms with Crippen LogP contribution in [0.25, 0.3) is 0 Å². The van der Waals surface area contributed by atoms with Gasteiger partial charge in [-0.3, -0.25) is 4.79 Å². The van der Waals surface area contributed by atoms with E-state index in [2.05, 4.69) is 0 Å². The maximum absolute atomic E-state index is 10.7. The van der Waals surface area contributed by atoms with Gasteiger partial charge in [0.25, 0.3) is 0 Å². The summed E-state index contributed by atoms with van der Waals surface area (Å²) >= 11 is 5.79. The van der Waals surface area contributed by atoms with Crippen molar-refractivity contribution in [3.63, 3.8) is 0 Å². The van der Waals surface area contributed by atoms with E-state index < -0.39 is 5.97 Å². The van der Waals surface area contributed by atoms with E-state index in [4.69, 9.17) is 22.4 Å². The number of halogens is 1. The van der Waals surface area contributed by atoms with Gasteiger partial charge in [0.2, 0.25) is 0 Å². The minimum atomic E-state index is -0.904. The van der Waals surface area contributed by atoms with Crippen LogP contribution >= 0.6 is 11.6 Å². The van der Waals surface area contributed by atoms with Gasteiger partial charge in [-0.05, 0) is 36.7 Å². The average Bonchev–Trinajstić information content (AvgIpc) is 2.20. The Morgan fingerprint density at radius 1 is 1.56 bits per heavy atom. The van der Waals surface area contributed by atoms with Crippen molar-refractivity contribution in [3.8, 4) is 5.75 Å². The third-order valence-electron chi connectivity index (χ3n) is 2.48. The van der Waals surface area contributed by atoms with Gasteiger partial charge in [0.05, 0.1) is 11.4 Å². The van der Waals surface area contributed by atoms with Gasteiger partial charge in [0.15, 0.2) is 0 Å². The van der Waals surface area contributed by atoms with Crippen LogP contribution in [0.1, 0.15) is 23.5 Å². The summed E-state index contributed by atoms with van der Waals surface area (Å²) in [6, 6.07) is 3.09. The molecule has 4 N–H and O–H groups in total. The van der Waals surface area contributed by atoms with Crippen LogP contribution in [0.3, 0.4) is 0 Å². The summed E-state index contributed by atoms with van der Waals surface area (Å²) in [5, 5.41) is 18.3. The summed E-state index contributed by atoms with van der Waals surface area (Å²) < 4.78 is 0. The van der Waals surface area contributed by atoms with Gasteiger partial charge in [0.1, 0.15) is 5.75 Å². The molecule has 0 bridgehead atoms. The molecule has 0 aromatic heterocycles. The molecule has 0 aliphatic carbocycles.